The lowest BCUT2D eigenvalue weighted by Crippen LogP contribution is -2.60. The first-order chi connectivity index (χ1) is 13.6. The van der Waals surface area contributed by atoms with E-state index in [4.69, 9.17) is 0 Å². The fraction of sp³-hybridized carbons (Fsp3) is 0.500. The van der Waals surface area contributed by atoms with Gasteiger partial charge in [0.15, 0.2) is 0 Å². The Hall–Kier alpha value is -1.75. The lowest BCUT2D eigenvalue weighted by molar-refractivity contribution is 0.0645. The summed E-state index contributed by atoms with van der Waals surface area (Å²) in [5.41, 5.74) is 3.67. The summed E-state index contributed by atoms with van der Waals surface area (Å²) < 4.78 is 13.2. The molecule has 2 aromatic rings. The Morgan fingerprint density at radius 3 is 2.11 bits per heavy atom. The van der Waals surface area contributed by atoms with Crippen LogP contribution in [0.4, 0.5) is 4.39 Å². The highest BCUT2D eigenvalue weighted by molar-refractivity contribution is 5.63. The standard InChI is InChI=1S/C24H30FN3/c1-17(26-23-16-28-14-10-20(23)11-15-28)27-24(12-13-24)21-6-2-18(3-7-21)19-4-8-22(25)9-5-19/h2-9,17,20,23,26-27H,10-16H2,1H3. The number of rotatable bonds is 6. The zero-order valence-electron chi connectivity index (χ0n) is 16.6. The van der Waals surface area contributed by atoms with Crippen molar-refractivity contribution < 1.29 is 4.39 Å². The highest BCUT2D eigenvalue weighted by atomic mass is 19.1. The van der Waals surface area contributed by atoms with Gasteiger partial charge in [0.2, 0.25) is 0 Å². The fourth-order valence-electron chi connectivity index (χ4n) is 5.20. The Morgan fingerprint density at radius 1 is 0.964 bits per heavy atom. The first-order valence-electron chi connectivity index (χ1n) is 10.7. The van der Waals surface area contributed by atoms with Crippen LogP contribution in [0.5, 0.6) is 0 Å². The molecule has 2 N–H and O–H groups in total. The number of nitrogens with one attached hydrogen (secondary N) is 2. The van der Waals surface area contributed by atoms with E-state index < -0.39 is 0 Å². The molecule has 3 nitrogen and oxygen atoms in total. The molecule has 3 aliphatic heterocycles. The summed E-state index contributed by atoms with van der Waals surface area (Å²) in [5.74, 6) is 0.658. The van der Waals surface area contributed by atoms with Crippen LogP contribution in [0.1, 0.15) is 38.2 Å². The van der Waals surface area contributed by atoms with Crippen molar-refractivity contribution >= 4 is 0 Å². The van der Waals surface area contributed by atoms with Crippen LogP contribution in [-0.2, 0) is 5.54 Å². The molecule has 3 saturated heterocycles. The monoisotopic (exact) mass is 379 g/mol. The number of hydrogen-bond acceptors (Lipinski definition) is 3. The van der Waals surface area contributed by atoms with E-state index in [1.165, 1.54) is 63.0 Å². The van der Waals surface area contributed by atoms with Gasteiger partial charge in [0.1, 0.15) is 5.82 Å². The molecule has 2 aromatic carbocycles. The van der Waals surface area contributed by atoms with Crippen molar-refractivity contribution in [1.82, 2.24) is 15.5 Å². The van der Waals surface area contributed by atoms with E-state index in [1.54, 1.807) is 0 Å². The number of benzene rings is 2. The van der Waals surface area contributed by atoms with Crippen molar-refractivity contribution in [2.45, 2.75) is 50.4 Å². The van der Waals surface area contributed by atoms with Crippen LogP contribution in [0, 0.1) is 11.7 Å². The molecule has 0 aromatic heterocycles. The largest absolute Gasteiger partial charge is 0.302 e. The van der Waals surface area contributed by atoms with E-state index in [2.05, 4.69) is 46.7 Å². The molecule has 28 heavy (non-hydrogen) atoms. The van der Waals surface area contributed by atoms with Gasteiger partial charge in [0.25, 0.3) is 0 Å². The summed E-state index contributed by atoms with van der Waals surface area (Å²) in [6.07, 6.45) is 5.38. The SMILES string of the molecule is CC(NC1CN2CCC1CC2)NC1(c2ccc(-c3ccc(F)cc3)cc2)CC1. The van der Waals surface area contributed by atoms with Crippen LogP contribution in [0.15, 0.2) is 48.5 Å². The zero-order chi connectivity index (χ0) is 19.1. The summed E-state index contributed by atoms with van der Waals surface area (Å²) in [6.45, 7) is 6.05. The van der Waals surface area contributed by atoms with E-state index in [1.807, 2.05) is 12.1 Å². The molecule has 2 atom stereocenters. The van der Waals surface area contributed by atoms with Gasteiger partial charge in [-0.1, -0.05) is 36.4 Å². The number of hydrogen-bond donors (Lipinski definition) is 2. The van der Waals surface area contributed by atoms with Gasteiger partial charge < -0.3 is 4.90 Å². The van der Waals surface area contributed by atoms with E-state index in [0.717, 1.165) is 17.0 Å². The quantitative estimate of drug-likeness (QED) is 0.740. The summed E-state index contributed by atoms with van der Waals surface area (Å²) in [6, 6.07) is 16.2. The molecule has 0 amide bonds. The molecule has 6 rings (SSSR count). The van der Waals surface area contributed by atoms with Crippen LogP contribution in [0.2, 0.25) is 0 Å². The van der Waals surface area contributed by atoms with Gasteiger partial charge in [-0.2, -0.15) is 0 Å². The van der Waals surface area contributed by atoms with Gasteiger partial charge in [-0.15, -0.1) is 0 Å². The summed E-state index contributed by atoms with van der Waals surface area (Å²) in [4.78, 5) is 2.60. The third kappa shape index (κ3) is 3.61. The summed E-state index contributed by atoms with van der Waals surface area (Å²) in [5, 5.41) is 7.75. The third-order valence-corrected chi connectivity index (χ3v) is 6.98. The van der Waals surface area contributed by atoms with Gasteiger partial charge >= 0.3 is 0 Å². The fourth-order valence-corrected chi connectivity index (χ4v) is 5.20. The number of fused-ring (bicyclic) bond motifs is 3. The van der Waals surface area contributed by atoms with E-state index in [9.17, 15) is 4.39 Å². The van der Waals surface area contributed by atoms with Crippen molar-refractivity contribution in [2.24, 2.45) is 5.92 Å². The van der Waals surface area contributed by atoms with Gasteiger partial charge in [-0.05, 0) is 80.4 Å². The first-order valence-corrected chi connectivity index (χ1v) is 10.7. The van der Waals surface area contributed by atoms with Crippen molar-refractivity contribution in [3.63, 3.8) is 0 Å². The van der Waals surface area contributed by atoms with Crippen molar-refractivity contribution in [2.75, 3.05) is 19.6 Å². The number of halogens is 1. The van der Waals surface area contributed by atoms with Crippen LogP contribution in [0.25, 0.3) is 11.1 Å². The molecule has 4 fully saturated rings. The minimum atomic E-state index is -0.189. The normalized spacial score (nSPS) is 28.9. The molecular weight excluding hydrogens is 349 g/mol. The lowest BCUT2D eigenvalue weighted by Gasteiger charge is -2.46. The maximum Gasteiger partial charge on any atom is 0.123 e. The number of nitrogens with zero attached hydrogens (tertiary/aromatic N) is 1. The molecule has 3 heterocycles. The average molecular weight is 380 g/mol. The van der Waals surface area contributed by atoms with Crippen molar-refractivity contribution in [3.8, 4) is 11.1 Å². The minimum Gasteiger partial charge on any atom is -0.302 e. The minimum absolute atomic E-state index is 0.113. The Bertz CT molecular complexity index is 805. The first kappa shape index (κ1) is 18.3. The Labute approximate surface area is 167 Å². The Balaban J connectivity index is 1.23. The van der Waals surface area contributed by atoms with Crippen LogP contribution in [0.3, 0.4) is 0 Å². The van der Waals surface area contributed by atoms with E-state index in [-0.39, 0.29) is 11.4 Å². The second-order valence-electron chi connectivity index (χ2n) is 8.94. The maximum atomic E-state index is 13.2. The molecule has 1 aliphatic carbocycles. The summed E-state index contributed by atoms with van der Waals surface area (Å²) in [7, 11) is 0. The zero-order valence-corrected chi connectivity index (χ0v) is 16.6. The Kier molecular flexibility index (Phi) is 4.74. The Morgan fingerprint density at radius 2 is 1.57 bits per heavy atom. The third-order valence-electron chi connectivity index (χ3n) is 6.98. The highest BCUT2D eigenvalue weighted by Gasteiger charge is 2.45. The molecule has 4 aliphatic rings. The molecule has 4 heteroatoms. The summed E-state index contributed by atoms with van der Waals surface area (Å²) >= 11 is 0. The predicted octanol–water partition coefficient (Wildman–Crippen LogP) is 4.10. The maximum absolute atomic E-state index is 13.2. The van der Waals surface area contributed by atoms with E-state index >= 15 is 0 Å². The molecular formula is C24H30FN3. The van der Waals surface area contributed by atoms with Crippen LogP contribution in [-0.4, -0.2) is 36.7 Å². The van der Waals surface area contributed by atoms with Gasteiger partial charge in [0, 0.05) is 18.1 Å². The number of piperidine rings is 3. The smallest absolute Gasteiger partial charge is 0.123 e. The molecule has 0 spiro atoms. The second kappa shape index (κ2) is 7.25. The van der Waals surface area contributed by atoms with Gasteiger partial charge in [-0.25, -0.2) is 4.39 Å². The van der Waals surface area contributed by atoms with Gasteiger partial charge in [0.05, 0.1) is 6.17 Å². The molecule has 148 valence electrons. The van der Waals surface area contributed by atoms with E-state index in [0.29, 0.717) is 12.2 Å². The topological polar surface area (TPSA) is 27.3 Å². The molecule has 0 radical (unpaired) electrons. The van der Waals surface area contributed by atoms with Crippen molar-refractivity contribution in [1.29, 1.82) is 0 Å². The van der Waals surface area contributed by atoms with Crippen molar-refractivity contribution in [3.05, 3.63) is 59.9 Å². The molecule has 1 saturated carbocycles. The lowest BCUT2D eigenvalue weighted by atomic mass is 9.84. The highest BCUT2D eigenvalue weighted by Crippen LogP contribution is 2.46. The van der Waals surface area contributed by atoms with Crippen LogP contribution >= 0.6 is 0 Å². The molecule has 2 unspecified atom stereocenters. The molecule has 2 bridgehead atoms. The average Bonchev–Trinajstić information content (AvgIpc) is 3.50. The second-order valence-corrected chi connectivity index (χ2v) is 8.94. The van der Waals surface area contributed by atoms with Gasteiger partial charge in [-0.3, -0.25) is 10.6 Å². The van der Waals surface area contributed by atoms with Crippen LogP contribution < -0.4 is 10.6 Å². The predicted molar refractivity (Wildman–Crippen MR) is 111 cm³/mol.